The smallest absolute Gasteiger partial charge is 0.321 e. The van der Waals surface area contributed by atoms with Gasteiger partial charge in [-0.25, -0.2) is 26.4 Å². The summed E-state index contributed by atoms with van der Waals surface area (Å²) in [7, 11) is -3.45. The summed E-state index contributed by atoms with van der Waals surface area (Å²) in [5.74, 6) is -0.962. The number of nitrogens with zero attached hydrogens (tertiary/aromatic N) is 4. The van der Waals surface area contributed by atoms with Crippen molar-refractivity contribution in [1.82, 2.24) is 19.7 Å². The van der Waals surface area contributed by atoms with Gasteiger partial charge in [0.15, 0.2) is 0 Å². The number of piperidine rings is 1. The number of nitrogens with one attached hydrogen (secondary N) is 1. The zero-order valence-corrected chi connectivity index (χ0v) is 17.2. The lowest BCUT2D eigenvalue weighted by atomic mass is 9.92. The fourth-order valence-corrected chi connectivity index (χ4v) is 5.32. The van der Waals surface area contributed by atoms with Crippen LogP contribution in [0.4, 0.5) is 23.7 Å². The fraction of sp³-hybridized carbons (Fsp3) is 0.500. The number of hydrogen-bond donors (Lipinski definition) is 1. The number of likely N-dealkylation sites (tertiary alicyclic amines) is 1. The Labute approximate surface area is 172 Å². The third-order valence-electron chi connectivity index (χ3n) is 5.27. The Bertz CT molecular complexity index is 1000. The van der Waals surface area contributed by atoms with Crippen LogP contribution in [0.25, 0.3) is 0 Å². The van der Waals surface area contributed by atoms with Gasteiger partial charge in [0.25, 0.3) is 6.43 Å². The second kappa shape index (κ2) is 8.25. The molecule has 0 spiro atoms. The summed E-state index contributed by atoms with van der Waals surface area (Å²) < 4.78 is 68.7. The highest BCUT2D eigenvalue weighted by molar-refractivity contribution is 7.92. The summed E-state index contributed by atoms with van der Waals surface area (Å²) in [5, 5.41) is 3.34. The highest BCUT2D eigenvalue weighted by Crippen LogP contribution is 2.41. The van der Waals surface area contributed by atoms with E-state index in [-0.39, 0.29) is 25.9 Å². The second-order valence-electron chi connectivity index (χ2n) is 7.28. The maximum absolute atomic E-state index is 15.6. The molecule has 1 atom stereocenters. The number of aromatic nitrogens is 3. The Morgan fingerprint density at radius 3 is 2.57 bits per heavy atom. The highest BCUT2D eigenvalue weighted by atomic mass is 32.2. The molecule has 0 bridgehead atoms. The molecule has 0 radical (unpaired) electrons. The molecule has 0 saturated carbocycles. The minimum absolute atomic E-state index is 0.0664. The largest absolute Gasteiger partial charge is 0.325 e. The van der Waals surface area contributed by atoms with E-state index in [1.165, 1.54) is 18.1 Å². The van der Waals surface area contributed by atoms with Crippen LogP contribution in [0.3, 0.4) is 0 Å². The summed E-state index contributed by atoms with van der Waals surface area (Å²) in [5.41, 5.74) is -0.465. The molecule has 164 valence electrons. The first kappa shape index (κ1) is 22.1. The molecule has 3 heterocycles. The standard InChI is InChI=1S/C18H22F3N5O3S/c1-18(21,30(28,29)14-11-25(2)24-15(14)16(19)20)12-5-8-26(9-6-12)17(27)23-13-4-3-7-22-10-13/h3-4,7,10-12,16H,5-6,8-9H2,1-2H3,(H,23,27). The van der Waals surface area contributed by atoms with Crippen LogP contribution in [0, 0.1) is 5.92 Å². The van der Waals surface area contributed by atoms with E-state index in [0.717, 1.165) is 17.8 Å². The van der Waals surface area contributed by atoms with E-state index in [1.54, 1.807) is 18.3 Å². The van der Waals surface area contributed by atoms with Crippen LogP contribution in [0.5, 0.6) is 0 Å². The lowest BCUT2D eigenvalue weighted by Crippen LogP contribution is -2.48. The van der Waals surface area contributed by atoms with Crippen LogP contribution >= 0.6 is 0 Å². The third kappa shape index (κ3) is 4.13. The van der Waals surface area contributed by atoms with Crippen LogP contribution in [0.1, 0.15) is 31.9 Å². The van der Waals surface area contributed by atoms with E-state index in [0.29, 0.717) is 5.69 Å². The molecule has 1 aliphatic rings. The zero-order chi connectivity index (χ0) is 22.1. The number of amides is 2. The maximum Gasteiger partial charge on any atom is 0.321 e. The normalized spacial score (nSPS) is 17.7. The van der Waals surface area contributed by atoms with E-state index in [1.807, 2.05) is 0 Å². The molecule has 1 unspecified atom stereocenters. The highest BCUT2D eigenvalue weighted by Gasteiger charge is 2.50. The average molecular weight is 445 g/mol. The van der Waals surface area contributed by atoms with Gasteiger partial charge >= 0.3 is 6.03 Å². The molecule has 1 saturated heterocycles. The summed E-state index contributed by atoms with van der Waals surface area (Å²) in [4.78, 5) is 16.9. The van der Waals surface area contributed by atoms with E-state index >= 15 is 4.39 Å². The molecule has 3 rings (SSSR count). The summed E-state index contributed by atoms with van der Waals surface area (Å²) in [6, 6.07) is 2.92. The number of anilines is 1. The number of urea groups is 1. The van der Waals surface area contributed by atoms with Crippen molar-refractivity contribution in [3.8, 4) is 0 Å². The van der Waals surface area contributed by atoms with E-state index in [9.17, 15) is 22.0 Å². The van der Waals surface area contributed by atoms with Gasteiger partial charge in [-0.1, -0.05) is 0 Å². The van der Waals surface area contributed by atoms with Gasteiger partial charge in [-0.2, -0.15) is 5.10 Å². The van der Waals surface area contributed by atoms with Gasteiger partial charge in [0.05, 0.1) is 11.9 Å². The predicted molar refractivity (Wildman–Crippen MR) is 102 cm³/mol. The predicted octanol–water partition coefficient (Wildman–Crippen LogP) is 3.16. The molecule has 1 aliphatic heterocycles. The number of rotatable bonds is 5. The van der Waals surface area contributed by atoms with Crippen LogP contribution < -0.4 is 5.32 Å². The van der Waals surface area contributed by atoms with Crippen LogP contribution in [-0.4, -0.2) is 52.2 Å². The topological polar surface area (TPSA) is 97.2 Å². The number of halogens is 3. The first-order chi connectivity index (χ1) is 14.0. The van der Waals surface area contributed by atoms with Gasteiger partial charge in [-0.15, -0.1) is 0 Å². The molecular formula is C18H22F3N5O3S. The van der Waals surface area contributed by atoms with Gasteiger partial charge in [-0.05, 0) is 31.9 Å². The van der Waals surface area contributed by atoms with E-state index < -0.39 is 43.8 Å². The summed E-state index contributed by atoms with van der Waals surface area (Å²) in [6.45, 7) is 1.14. The number of aryl methyl sites for hydroxylation is 1. The molecule has 2 aromatic rings. The van der Waals surface area contributed by atoms with Crippen molar-refractivity contribution in [2.75, 3.05) is 18.4 Å². The Morgan fingerprint density at radius 1 is 1.33 bits per heavy atom. The average Bonchev–Trinajstić information content (AvgIpc) is 3.11. The minimum atomic E-state index is -4.74. The lowest BCUT2D eigenvalue weighted by molar-refractivity contribution is 0.116. The molecule has 1 N–H and O–H groups in total. The van der Waals surface area contributed by atoms with Crippen molar-refractivity contribution in [3.63, 3.8) is 0 Å². The molecule has 1 fully saturated rings. The zero-order valence-electron chi connectivity index (χ0n) is 16.4. The van der Waals surface area contributed by atoms with Crippen LogP contribution in [-0.2, 0) is 16.9 Å². The maximum atomic E-state index is 15.6. The SMILES string of the molecule is Cn1cc(S(=O)(=O)C(C)(F)C2CCN(C(=O)Nc3cccnc3)CC2)c(C(F)F)n1. The molecule has 0 aliphatic carbocycles. The fourth-order valence-electron chi connectivity index (χ4n) is 3.51. The third-order valence-corrected chi connectivity index (χ3v) is 7.55. The Balaban J connectivity index is 1.72. The van der Waals surface area contributed by atoms with Crippen molar-refractivity contribution in [2.45, 2.75) is 36.1 Å². The Kier molecular flexibility index (Phi) is 6.06. The summed E-state index contributed by atoms with van der Waals surface area (Å²) >= 11 is 0. The van der Waals surface area contributed by atoms with Gasteiger partial charge in [0.2, 0.25) is 14.8 Å². The Hall–Kier alpha value is -2.63. The molecule has 30 heavy (non-hydrogen) atoms. The number of carbonyl (C=O) groups excluding carboxylic acids is 1. The molecule has 8 nitrogen and oxygen atoms in total. The first-order valence-corrected chi connectivity index (χ1v) is 10.7. The number of sulfone groups is 1. The van der Waals surface area contributed by atoms with Gasteiger partial charge in [-0.3, -0.25) is 9.67 Å². The van der Waals surface area contributed by atoms with Gasteiger partial charge in [0, 0.05) is 38.4 Å². The number of alkyl halides is 3. The van der Waals surface area contributed by atoms with Crippen LogP contribution in [0.15, 0.2) is 35.6 Å². The van der Waals surface area contributed by atoms with Gasteiger partial charge in [0.1, 0.15) is 10.6 Å². The minimum Gasteiger partial charge on any atom is -0.325 e. The van der Waals surface area contributed by atoms with Crippen molar-refractivity contribution >= 4 is 21.6 Å². The second-order valence-corrected chi connectivity index (χ2v) is 9.52. The molecule has 2 aromatic heterocycles. The van der Waals surface area contributed by atoms with E-state index in [4.69, 9.17) is 0 Å². The van der Waals surface area contributed by atoms with Crippen molar-refractivity contribution in [3.05, 3.63) is 36.4 Å². The number of carbonyl (C=O) groups is 1. The molecule has 12 heteroatoms. The number of hydrogen-bond acceptors (Lipinski definition) is 5. The summed E-state index contributed by atoms with van der Waals surface area (Å²) in [6.07, 6.45) is 0.916. The van der Waals surface area contributed by atoms with E-state index in [2.05, 4.69) is 15.4 Å². The van der Waals surface area contributed by atoms with Crippen LogP contribution in [0.2, 0.25) is 0 Å². The lowest BCUT2D eigenvalue weighted by Gasteiger charge is -2.37. The van der Waals surface area contributed by atoms with Gasteiger partial charge < -0.3 is 10.2 Å². The van der Waals surface area contributed by atoms with Crippen molar-refractivity contribution < 1.29 is 26.4 Å². The molecule has 2 amide bonds. The van der Waals surface area contributed by atoms with Crippen molar-refractivity contribution in [2.24, 2.45) is 13.0 Å². The molecule has 0 aromatic carbocycles. The first-order valence-electron chi connectivity index (χ1n) is 9.25. The monoisotopic (exact) mass is 445 g/mol. The Morgan fingerprint density at radius 2 is 2.00 bits per heavy atom. The molecular weight excluding hydrogens is 423 g/mol. The van der Waals surface area contributed by atoms with Crippen molar-refractivity contribution in [1.29, 1.82) is 0 Å². The number of pyridine rings is 1. The quantitative estimate of drug-likeness (QED) is 0.763.